The first-order chi connectivity index (χ1) is 8.81. The second-order valence-corrected chi connectivity index (χ2v) is 4.83. The number of likely N-dealkylation sites (tertiary alicyclic amines) is 1. The quantitative estimate of drug-likeness (QED) is 0.899. The van der Waals surface area contributed by atoms with Crippen LogP contribution in [0, 0.1) is 0 Å². The molecule has 1 unspecified atom stereocenters. The van der Waals surface area contributed by atoms with Gasteiger partial charge in [-0.05, 0) is 38.3 Å². The standard InChI is InChI=1S/C13H22N4O.2ClH/c14-7-5-12-4-1-2-10-17(12)13(18)6-11-16-9-3-8-15-16;;/h3,8-9,12H,1-2,4-7,10-11,14H2;2*1H. The molecule has 0 radical (unpaired) electrons. The molecule has 0 bridgehead atoms. The third-order valence-electron chi connectivity index (χ3n) is 3.56. The Bertz CT molecular complexity index is 370. The van der Waals surface area contributed by atoms with E-state index in [1.807, 2.05) is 17.2 Å². The highest BCUT2D eigenvalue weighted by molar-refractivity contribution is 5.85. The Labute approximate surface area is 132 Å². The number of piperidine rings is 1. The molecule has 20 heavy (non-hydrogen) atoms. The summed E-state index contributed by atoms with van der Waals surface area (Å²) in [6.07, 6.45) is 8.52. The minimum Gasteiger partial charge on any atom is -0.340 e. The molecule has 5 nitrogen and oxygen atoms in total. The normalized spacial score (nSPS) is 18.1. The van der Waals surface area contributed by atoms with Crippen LogP contribution in [0.1, 0.15) is 32.1 Å². The van der Waals surface area contributed by atoms with Crippen LogP contribution in [0.25, 0.3) is 0 Å². The van der Waals surface area contributed by atoms with Crippen molar-refractivity contribution in [3.8, 4) is 0 Å². The topological polar surface area (TPSA) is 64.2 Å². The summed E-state index contributed by atoms with van der Waals surface area (Å²) in [5, 5.41) is 4.11. The number of carbonyl (C=O) groups is 1. The molecule has 0 aliphatic carbocycles. The van der Waals surface area contributed by atoms with Crippen molar-refractivity contribution in [3.05, 3.63) is 18.5 Å². The van der Waals surface area contributed by atoms with Gasteiger partial charge < -0.3 is 10.6 Å². The van der Waals surface area contributed by atoms with Gasteiger partial charge in [-0.2, -0.15) is 5.10 Å². The summed E-state index contributed by atoms with van der Waals surface area (Å²) in [4.78, 5) is 14.3. The van der Waals surface area contributed by atoms with Crippen LogP contribution in [0.15, 0.2) is 18.5 Å². The summed E-state index contributed by atoms with van der Waals surface area (Å²) in [6, 6.07) is 2.23. The molecule has 2 rings (SSSR count). The van der Waals surface area contributed by atoms with Gasteiger partial charge in [-0.25, -0.2) is 0 Å². The van der Waals surface area contributed by atoms with Gasteiger partial charge in [-0.1, -0.05) is 0 Å². The van der Waals surface area contributed by atoms with Gasteiger partial charge in [0.15, 0.2) is 0 Å². The molecule has 1 atom stereocenters. The molecule has 0 aromatic carbocycles. The Morgan fingerprint density at radius 3 is 2.80 bits per heavy atom. The average Bonchev–Trinajstić information content (AvgIpc) is 2.90. The average molecular weight is 323 g/mol. The molecule has 7 heteroatoms. The number of aromatic nitrogens is 2. The van der Waals surface area contributed by atoms with Gasteiger partial charge in [0.2, 0.25) is 5.91 Å². The molecular weight excluding hydrogens is 299 g/mol. The lowest BCUT2D eigenvalue weighted by molar-refractivity contribution is -0.135. The zero-order valence-electron chi connectivity index (χ0n) is 11.6. The third-order valence-corrected chi connectivity index (χ3v) is 3.56. The minimum absolute atomic E-state index is 0. The zero-order chi connectivity index (χ0) is 12.8. The molecule has 1 saturated heterocycles. The number of nitrogens with two attached hydrogens (primary N) is 1. The molecule has 116 valence electrons. The fourth-order valence-electron chi connectivity index (χ4n) is 2.61. The zero-order valence-corrected chi connectivity index (χ0v) is 13.2. The van der Waals surface area contributed by atoms with Gasteiger partial charge in [0, 0.05) is 37.9 Å². The summed E-state index contributed by atoms with van der Waals surface area (Å²) < 4.78 is 1.81. The molecule has 1 aromatic heterocycles. The number of halogens is 2. The highest BCUT2D eigenvalue weighted by atomic mass is 35.5. The first-order valence-corrected chi connectivity index (χ1v) is 6.78. The fraction of sp³-hybridized carbons (Fsp3) is 0.692. The van der Waals surface area contributed by atoms with Crippen molar-refractivity contribution >= 4 is 30.7 Å². The Kier molecular flexibility index (Phi) is 9.63. The van der Waals surface area contributed by atoms with E-state index in [1.54, 1.807) is 10.9 Å². The summed E-state index contributed by atoms with van der Waals surface area (Å²) in [6.45, 7) is 2.22. The molecule has 2 N–H and O–H groups in total. The van der Waals surface area contributed by atoms with E-state index < -0.39 is 0 Å². The van der Waals surface area contributed by atoms with Crippen LogP contribution >= 0.6 is 24.8 Å². The summed E-state index contributed by atoms with van der Waals surface area (Å²) in [5.74, 6) is 0.239. The Morgan fingerprint density at radius 2 is 2.15 bits per heavy atom. The second kappa shape index (κ2) is 10.0. The number of amides is 1. The van der Waals surface area contributed by atoms with Crippen LogP contribution in [0.4, 0.5) is 0 Å². The smallest absolute Gasteiger partial charge is 0.224 e. The van der Waals surface area contributed by atoms with E-state index >= 15 is 0 Å². The van der Waals surface area contributed by atoms with E-state index in [9.17, 15) is 4.79 Å². The largest absolute Gasteiger partial charge is 0.340 e. The van der Waals surface area contributed by atoms with Crippen LogP contribution in [0.2, 0.25) is 0 Å². The number of nitrogens with zero attached hydrogens (tertiary/aromatic N) is 3. The van der Waals surface area contributed by atoms with Crippen LogP contribution in [-0.4, -0.2) is 39.7 Å². The molecule has 1 amide bonds. The van der Waals surface area contributed by atoms with Crippen molar-refractivity contribution < 1.29 is 4.79 Å². The van der Waals surface area contributed by atoms with Crippen molar-refractivity contribution in [2.45, 2.75) is 44.7 Å². The lowest BCUT2D eigenvalue weighted by Gasteiger charge is -2.35. The molecule has 1 aliphatic heterocycles. The van der Waals surface area contributed by atoms with Gasteiger partial charge in [0.25, 0.3) is 0 Å². The van der Waals surface area contributed by atoms with Crippen molar-refractivity contribution in [1.82, 2.24) is 14.7 Å². The van der Waals surface area contributed by atoms with Gasteiger partial charge in [-0.3, -0.25) is 9.48 Å². The first-order valence-electron chi connectivity index (χ1n) is 6.78. The highest BCUT2D eigenvalue weighted by Gasteiger charge is 2.25. The Hall–Kier alpha value is -0.780. The fourth-order valence-corrected chi connectivity index (χ4v) is 2.61. The number of carbonyl (C=O) groups excluding carboxylic acids is 1. The van der Waals surface area contributed by atoms with Crippen molar-refractivity contribution in [1.29, 1.82) is 0 Å². The number of hydrogen-bond donors (Lipinski definition) is 1. The van der Waals surface area contributed by atoms with Crippen LogP contribution in [0.5, 0.6) is 0 Å². The number of hydrogen-bond acceptors (Lipinski definition) is 3. The van der Waals surface area contributed by atoms with E-state index in [0.29, 0.717) is 25.6 Å². The molecule has 1 fully saturated rings. The summed E-state index contributed by atoms with van der Waals surface area (Å²) in [5.41, 5.74) is 5.62. The highest BCUT2D eigenvalue weighted by Crippen LogP contribution is 2.20. The first kappa shape index (κ1) is 19.2. The SMILES string of the molecule is Cl.Cl.NCCC1CCCCN1C(=O)CCn1cccn1. The van der Waals surface area contributed by atoms with Crippen LogP contribution in [-0.2, 0) is 11.3 Å². The van der Waals surface area contributed by atoms with Gasteiger partial charge in [-0.15, -0.1) is 24.8 Å². The minimum atomic E-state index is 0. The lowest BCUT2D eigenvalue weighted by Crippen LogP contribution is -2.44. The summed E-state index contributed by atoms with van der Waals surface area (Å²) >= 11 is 0. The van der Waals surface area contributed by atoms with Crippen molar-refractivity contribution in [2.75, 3.05) is 13.1 Å². The van der Waals surface area contributed by atoms with E-state index in [2.05, 4.69) is 5.10 Å². The van der Waals surface area contributed by atoms with Crippen molar-refractivity contribution in [3.63, 3.8) is 0 Å². The molecule has 1 aliphatic rings. The predicted molar refractivity (Wildman–Crippen MR) is 84.4 cm³/mol. The van der Waals surface area contributed by atoms with Crippen molar-refractivity contribution in [2.24, 2.45) is 5.73 Å². The molecule has 2 heterocycles. The van der Waals surface area contributed by atoms with E-state index in [0.717, 1.165) is 25.8 Å². The van der Waals surface area contributed by atoms with Crippen LogP contribution < -0.4 is 5.73 Å². The monoisotopic (exact) mass is 322 g/mol. The lowest BCUT2D eigenvalue weighted by atomic mass is 9.99. The number of aryl methyl sites for hydroxylation is 1. The Balaban J connectivity index is 0.00000180. The number of rotatable bonds is 5. The summed E-state index contributed by atoms with van der Waals surface area (Å²) in [7, 11) is 0. The molecule has 1 aromatic rings. The van der Waals surface area contributed by atoms with Gasteiger partial charge in [0.1, 0.15) is 0 Å². The second-order valence-electron chi connectivity index (χ2n) is 4.83. The van der Waals surface area contributed by atoms with Gasteiger partial charge in [0.05, 0.1) is 0 Å². The maximum absolute atomic E-state index is 12.2. The maximum atomic E-state index is 12.2. The molecular formula is C13H24Cl2N4O. The van der Waals surface area contributed by atoms with E-state index in [1.165, 1.54) is 6.42 Å². The van der Waals surface area contributed by atoms with Gasteiger partial charge >= 0.3 is 0 Å². The predicted octanol–water partition coefficient (Wildman–Crippen LogP) is 1.85. The van der Waals surface area contributed by atoms with Crippen LogP contribution in [0.3, 0.4) is 0 Å². The molecule has 0 saturated carbocycles. The maximum Gasteiger partial charge on any atom is 0.224 e. The van der Waals surface area contributed by atoms with E-state index in [4.69, 9.17) is 5.73 Å². The Morgan fingerprint density at radius 1 is 1.35 bits per heavy atom. The third kappa shape index (κ3) is 5.31. The van der Waals surface area contributed by atoms with E-state index in [-0.39, 0.29) is 30.7 Å². The molecule has 0 spiro atoms.